The average molecular weight is 326 g/mol. The van der Waals surface area contributed by atoms with Crippen LogP contribution in [-0.4, -0.2) is 38.8 Å². The van der Waals surface area contributed by atoms with E-state index in [1.54, 1.807) is 20.8 Å². The summed E-state index contributed by atoms with van der Waals surface area (Å²) in [7, 11) is 0. The molecule has 0 aliphatic rings. The molecule has 0 spiro atoms. The summed E-state index contributed by atoms with van der Waals surface area (Å²) in [6.45, 7) is 4.82. The van der Waals surface area contributed by atoms with Gasteiger partial charge in [-0.15, -0.1) is 0 Å². The summed E-state index contributed by atoms with van der Waals surface area (Å²) >= 11 is 0. The van der Waals surface area contributed by atoms with Crippen LogP contribution in [0.4, 0.5) is 10.5 Å². The second-order valence-electron chi connectivity index (χ2n) is 5.76. The molecule has 0 aromatic heterocycles. The second-order valence-corrected chi connectivity index (χ2v) is 5.76. The highest BCUT2D eigenvalue weighted by molar-refractivity contribution is 5.80. The molecule has 0 saturated heterocycles. The molecule has 0 radical (unpaired) electrons. The Morgan fingerprint density at radius 2 is 1.78 bits per heavy atom. The maximum absolute atomic E-state index is 11.7. The van der Waals surface area contributed by atoms with Gasteiger partial charge in [-0.1, -0.05) is 0 Å². The van der Waals surface area contributed by atoms with Gasteiger partial charge in [0.15, 0.2) is 6.04 Å². The molecule has 9 nitrogen and oxygen atoms in total. The number of aliphatic hydroxyl groups excluding tert-OH is 1. The number of alkyl carbamates (subject to hydrolysis) is 1. The zero-order valence-corrected chi connectivity index (χ0v) is 12.8. The molecular formula is C14H18N2O7. The Labute approximate surface area is 132 Å². The van der Waals surface area contributed by atoms with Gasteiger partial charge in [-0.2, -0.15) is 0 Å². The Balaban J connectivity index is 2.90. The van der Waals surface area contributed by atoms with Crippen LogP contribution in [0, 0.1) is 10.1 Å². The van der Waals surface area contributed by atoms with Crippen molar-refractivity contribution in [2.45, 2.75) is 38.5 Å². The lowest BCUT2D eigenvalue weighted by Gasteiger charge is -2.24. The number of hydrogen-bond donors (Lipinski definition) is 3. The fourth-order valence-electron chi connectivity index (χ4n) is 1.70. The Morgan fingerprint density at radius 3 is 2.17 bits per heavy atom. The predicted octanol–water partition coefficient (Wildman–Crippen LogP) is 1.61. The third-order valence-electron chi connectivity index (χ3n) is 2.70. The Bertz CT molecular complexity index is 592. The van der Waals surface area contributed by atoms with E-state index in [1.165, 1.54) is 12.1 Å². The van der Waals surface area contributed by atoms with Crippen molar-refractivity contribution in [1.82, 2.24) is 5.32 Å². The van der Waals surface area contributed by atoms with Gasteiger partial charge in [-0.05, 0) is 38.5 Å². The lowest BCUT2D eigenvalue weighted by Crippen LogP contribution is -2.46. The van der Waals surface area contributed by atoms with E-state index in [4.69, 9.17) is 9.84 Å². The predicted molar refractivity (Wildman–Crippen MR) is 78.8 cm³/mol. The van der Waals surface area contributed by atoms with Gasteiger partial charge in [0.1, 0.15) is 11.7 Å². The van der Waals surface area contributed by atoms with Crippen LogP contribution in [0.2, 0.25) is 0 Å². The first kappa shape index (κ1) is 18.4. The highest BCUT2D eigenvalue weighted by Gasteiger charge is 2.31. The number of amides is 1. The monoisotopic (exact) mass is 326 g/mol. The third-order valence-corrected chi connectivity index (χ3v) is 2.70. The minimum Gasteiger partial charge on any atom is -0.480 e. The summed E-state index contributed by atoms with van der Waals surface area (Å²) in [6, 6.07) is 3.03. The highest BCUT2D eigenvalue weighted by atomic mass is 16.6. The van der Waals surface area contributed by atoms with E-state index in [1.807, 2.05) is 0 Å². The molecular weight excluding hydrogens is 308 g/mol. The zero-order valence-electron chi connectivity index (χ0n) is 12.8. The van der Waals surface area contributed by atoms with Crippen molar-refractivity contribution >= 4 is 17.7 Å². The van der Waals surface area contributed by atoms with Crippen molar-refractivity contribution in [2.75, 3.05) is 0 Å². The van der Waals surface area contributed by atoms with Crippen LogP contribution in [0.25, 0.3) is 0 Å². The summed E-state index contributed by atoms with van der Waals surface area (Å²) < 4.78 is 4.94. The minimum absolute atomic E-state index is 0.110. The van der Waals surface area contributed by atoms with E-state index in [0.717, 1.165) is 12.1 Å². The largest absolute Gasteiger partial charge is 0.480 e. The molecule has 0 fully saturated rings. The molecule has 23 heavy (non-hydrogen) atoms. The number of nitrogens with one attached hydrogen (secondary N) is 1. The molecule has 1 aromatic carbocycles. The molecule has 0 heterocycles. The molecule has 0 aliphatic heterocycles. The van der Waals surface area contributed by atoms with E-state index < -0.39 is 34.7 Å². The Morgan fingerprint density at radius 1 is 1.26 bits per heavy atom. The van der Waals surface area contributed by atoms with Crippen molar-refractivity contribution < 1.29 is 29.5 Å². The molecule has 1 rings (SSSR count). The van der Waals surface area contributed by atoms with Gasteiger partial charge in [0.05, 0.1) is 4.92 Å². The lowest BCUT2D eigenvalue weighted by molar-refractivity contribution is -0.384. The second kappa shape index (κ2) is 7.05. The number of carbonyl (C=O) groups excluding carboxylic acids is 1. The number of carboxylic acid groups (broad SMARTS) is 1. The fourth-order valence-corrected chi connectivity index (χ4v) is 1.70. The van der Waals surface area contributed by atoms with E-state index >= 15 is 0 Å². The number of carbonyl (C=O) groups is 2. The quantitative estimate of drug-likeness (QED) is 0.551. The normalized spacial score (nSPS) is 13.7. The van der Waals surface area contributed by atoms with Crippen molar-refractivity contribution in [1.29, 1.82) is 0 Å². The van der Waals surface area contributed by atoms with Crippen molar-refractivity contribution in [3.8, 4) is 0 Å². The summed E-state index contributed by atoms with van der Waals surface area (Å²) in [5.41, 5.74) is -0.919. The molecule has 1 amide bonds. The van der Waals surface area contributed by atoms with E-state index in [2.05, 4.69) is 5.32 Å². The summed E-state index contributed by atoms with van der Waals surface area (Å²) in [4.78, 5) is 32.9. The maximum Gasteiger partial charge on any atom is 0.408 e. The molecule has 0 unspecified atom stereocenters. The van der Waals surface area contributed by atoms with E-state index in [0.29, 0.717) is 0 Å². The Kier molecular flexibility index (Phi) is 5.63. The maximum atomic E-state index is 11.7. The van der Waals surface area contributed by atoms with Gasteiger partial charge in [0.2, 0.25) is 0 Å². The summed E-state index contributed by atoms with van der Waals surface area (Å²) in [5.74, 6) is -1.47. The van der Waals surface area contributed by atoms with Crippen LogP contribution in [0.1, 0.15) is 32.4 Å². The SMILES string of the molecule is CC(C)(C)OC(=O)N[C@H](C(=O)O)[C@H](O)c1ccc([N+](=O)[O-])cc1. The number of ether oxygens (including phenoxy) is 1. The van der Waals surface area contributed by atoms with Crippen molar-refractivity contribution in [3.05, 3.63) is 39.9 Å². The molecule has 0 aliphatic carbocycles. The summed E-state index contributed by atoms with van der Waals surface area (Å²) in [6.07, 6.45) is -2.59. The van der Waals surface area contributed by atoms with Gasteiger partial charge in [0, 0.05) is 12.1 Å². The zero-order chi connectivity index (χ0) is 17.8. The number of non-ortho nitro benzene ring substituents is 1. The molecule has 9 heteroatoms. The Hall–Kier alpha value is -2.68. The topological polar surface area (TPSA) is 139 Å². The molecule has 0 bridgehead atoms. The van der Waals surface area contributed by atoms with Crippen LogP contribution in [0.15, 0.2) is 24.3 Å². The number of aliphatic carboxylic acids is 1. The molecule has 3 N–H and O–H groups in total. The summed E-state index contributed by atoms with van der Waals surface area (Å²) in [5, 5.41) is 31.9. The van der Waals surface area contributed by atoms with E-state index in [9.17, 15) is 24.8 Å². The van der Waals surface area contributed by atoms with Crippen LogP contribution in [-0.2, 0) is 9.53 Å². The molecule has 2 atom stereocenters. The number of nitro benzene ring substituents is 1. The van der Waals surface area contributed by atoms with Crippen LogP contribution >= 0.6 is 0 Å². The fraction of sp³-hybridized carbons (Fsp3) is 0.429. The number of aliphatic hydroxyl groups is 1. The average Bonchev–Trinajstić information content (AvgIpc) is 2.42. The molecule has 1 aromatic rings. The van der Waals surface area contributed by atoms with Gasteiger partial charge in [0.25, 0.3) is 5.69 Å². The van der Waals surface area contributed by atoms with Crippen molar-refractivity contribution in [2.24, 2.45) is 0 Å². The van der Waals surface area contributed by atoms with Crippen LogP contribution in [0.3, 0.4) is 0 Å². The number of rotatable bonds is 5. The van der Waals surface area contributed by atoms with Crippen LogP contribution < -0.4 is 5.32 Å². The molecule has 126 valence electrons. The number of nitro groups is 1. The minimum atomic E-state index is -1.66. The van der Waals surface area contributed by atoms with Gasteiger partial charge in [-0.3, -0.25) is 10.1 Å². The highest BCUT2D eigenvalue weighted by Crippen LogP contribution is 2.21. The smallest absolute Gasteiger partial charge is 0.408 e. The standard InChI is InChI=1S/C14H18N2O7/c1-14(2,3)23-13(20)15-10(12(18)19)11(17)8-4-6-9(7-5-8)16(21)22/h4-7,10-11,17H,1-3H3,(H,15,20)(H,18,19)/t10-,11+/m0/s1. The first-order valence-electron chi connectivity index (χ1n) is 6.66. The first-order valence-corrected chi connectivity index (χ1v) is 6.66. The number of carboxylic acids is 1. The van der Waals surface area contributed by atoms with Crippen molar-refractivity contribution in [3.63, 3.8) is 0 Å². The van der Waals surface area contributed by atoms with Gasteiger partial charge < -0.3 is 20.3 Å². The lowest BCUT2D eigenvalue weighted by atomic mass is 10.0. The van der Waals surface area contributed by atoms with Gasteiger partial charge >= 0.3 is 12.1 Å². The first-order chi connectivity index (χ1) is 10.5. The third kappa shape index (κ3) is 5.55. The van der Waals surface area contributed by atoms with Crippen LogP contribution in [0.5, 0.6) is 0 Å². The number of hydrogen-bond acceptors (Lipinski definition) is 6. The molecule has 0 saturated carbocycles. The van der Waals surface area contributed by atoms with E-state index in [-0.39, 0.29) is 11.3 Å². The number of nitrogens with zero attached hydrogens (tertiary/aromatic N) is 1. The number of benzene rings is 1. The van der Waals surface area contributed by atoms with Gasteiger partial charge in [-0.25, -0.2) is 9.59 Å².